The molecule has 2 aromatic rings. The number of benzene rings is 1. The molecule has 1 aliphatic rings. The summed E-state index contributed by atoms with van der Waals surface area (Å²) in [5.41, 5.74) is 0.913. The number of thiophene rings is 1. The second kappa shape index (κ2) is 9.54. The molecule has 2 heterocycles. The summed E-state index contributed by atoms with van der Waals surface area (Å²) in [4.78, 5) is 27.9. The van der Waals surface area contributed by atoms with Crippen LogP contribution in [0.4, 0.5) is 5.69 Å². The molecular formula is C21H26ClN3O2S. The van der Waals surface area contributed by atoms with E-state index in [0.29, 0.717) is 33.7 Å². The van der Waals surface area contributed by atoms with Gasteiger partial charge in [-0.15, -0.1) is 11.3 Å². The lowest BCUT2D eigenvalue weighted by atomic mass is 9.98. The van der Waals surface area contributed by atoms with Gasteiger partial charge >= 0.3 is 0 Å². The number of amides is 2. The van der Waals surface area contributed by atoms with Crippen molar-refractivity contribution in [2.45, 2.75) is 32.7 Å². The van der Waals surface area contributed by atoms with Crippen LogP contribution in [0.2, 0.25) is 5.02 Å². The number of hydrogen-bond donors (Lipinski definition) is 2. The zero-order valence-corrected chi connectivity index (χ0v) is 17.8. The van der Waals surface area contributed by atoms with Gasteiger partial charge in [-0.2, -0.15) is 0 Å². The quantitative estimate of drug-likeness (QED) is 0.724. The van der Waals surface area contributed by atoms with E-state index in [1.807, 2.05) is 11.4 Å². The topological polar surface area (TPSA) is 61.4 Å². The van der Waals surface area contributed by atoms with E-state index in [4.69, 9.17) is 11.6 Å². The number of rotatable bonds is 6. The third-order valence-corrected chi connectivity index (χ3v) is 6.42. The minimum absolute atomic E-state index is 0.166. The van der Waals surface area contributed by atoms with E-state index >= 15 is 0 Å². The lowest BCUT2D eigenvalue weighted by molar-refractivity contribution is 0.0921. The molecule has 0 saturated carbocycles. The zero-order chi connectivity index (χ0) is 20.1. The van der Waals surface area contributed by atoms with Crippen molar-refractivity contribution < 1.29 is 9.59 Å². The van der Waals surface area contributed by atoms with Gasteiger partial charge in [-0.05, 0) is 68.4 Å². The first-order chi connectivity index (χ1) is 13.4. The molecule has 1 aromatic carbocycles. The van der Waals surface area contributed by atoms with Gasteiger partial charge < -0.3 is 10.6 Å². The van der Waals surface area contributed by atoms with Gasteiger partial charge in [0.1, 0.15) is 0 Å². The maximum absolute atomic E-state index is 12.6. The molecule has 0 aliphatic carbocycles. The second-order valence-electron chi connectivity index (χ2n) is 7.40. The van der Waals surface area contributed by atoms with Crippen LogP contribution in [0, 0.1) is 5.92 Å². The Kier molecular flexibility index (Phi) is 7.10. The highest BCUT2D eigenvalue weighted by Crippen LogP contribution is 2.24. The number of likely N-dealkylation sites (tertiary alicyclic amines) is 1. The monoisotopic (exact) mass is 419 g/mol. The smallest absolute Gasteiger partial charge is 0.265 e. The fourth-order valence-corrected chi connectivity index (χ4v) is 4.08. The third kappa shape index (κ3) is 5.34. The highest BCUT2D eigenvalue weighted by molar-refractivity contribution is 7.12. The molecule has 1 aliphatic heterocycles. The van der Waals surface area contributed by atoms with E-state index in [2.05, 4.69) is 29.4 Å². The van der Waals surface area contributed by atoms with Crippen LogP contribution in [0.5, 0.6) is 0 Å². The number of carbonyl (C=O) groups excluding carboxylic acids is 2. The second-order valence-corrected chi connectivity index (χ2v) is 8.76. The highest BCUT2D eigenvalue weighted by atomic mass is 35.5. The normalized spacial score (nSPS) is 16.5. The Balaban J connectivity index is 1.58. The van der Waals surface area contributed by atoms with Crippen LogP contribution >= 0.6 is 22.9 Å². The number of anilines is 1. The van der Waals surface area contributed by atoms with E-state index < -0.39 is 0 Å². The minimum Gasteiger partial charge on any atom is -0.350 e. The van der Waals surface area contributed by atoms with Gasteiger partial charge in [0.25, 0.3) is 11.8 Å². The van der Waals surface area contributed by atoms with E-state index in [9.17, 15) is 9.59 Å². The van der Waals surface area contributed by atoms with Gasteiger partial charge in [0.05, 0.1) is 15.6 Å². The largest absolute Gasteiger partial charge is 0.350 e. The number of nitrogens with one attached hydrogen (secondary N) is 2. The molecule has 150 valence electrons. The van der Waals surface area contributed by atoms with Gasteiger partial charge in [0.15, 0.2) is 0 Å². The number of halogens is 1. The first-order valence-electron chi connectivity index (χ1n) is 9.60. The summed E-state index contributed by atoms with van der Waals surface area (Å²) >= 11 is 7.55. The zero-order valence-electron chi connectivity index (χ0n) is 16.2. The SMILES string of the molecule is CC1CCN(C(C)CNC(=O)c2ccc(Cl)c(NC(=O)c3cccs3)c2)CC1. The molecule has 7 heteroatoms. The van der Waals surface area contributed by atoms with Crippen LogP contribution in [0.1, 0.15) is 46.7 Å². The van der Waals surface area contributed by atoms with Crippen molar-refractivity contribution >= 4 is 40.4 Å². The summed E-state index contributed by atoms with van der Waals surface area (Å²) < 4.78 is 0. The standard InChI is InChI=1S/C21H26ClN3O2S/c1-14-7-9-25(10-8-14)15(2)13-23-20(26)16-5-6-17(22)18(12-16)24-21(27)19-4-3-11-28-19/h3-6,11-12,14-15H,7-10,13H2,1-2H3,(H,23,26)(H,24,27). The molecule has 28 heavy (non-hydrogen) atoms. The molecule has 1 fully saturated rings. The molecule has 0 radical (unpaired) electrons. The molecule has 1 aromatic heterocycles. The van der Waals surface area contributed by atoms with Crippen LogP contribution in [0.15, 0.2) is 35.7 Å². The van der Waals surface area contributed by atoms with Crippen molar-refractivity contribution in [1.82, 2.24) is 10.2 Å². The number of nitrogens with zero attached hydrogens (tertiary/aromatic N) is 1. The Morgan fingerprint density at radius 3 is 2.68 bits per heavy atom. The fraction of sp³-hybridized carbons (Fsp3) is 0.429. The van der Waals surface area contributed by atoms with Gasteiger partial charge in [-0.1, -0.05) is 24.6 Å². The van der Waals surface area contributed by atoms with Crippen molar-refractivity contribution in [3.63, 3.8) is 0 Å². The molecule has 0 spiro atoms. The van der Waals surface area contributed by atoms with Crippen molar-refractivity contribution in [2.24, 2.45) is 5.92 Å². The van der Waals surface area contributed by atoms with Crippen molar-refractivity contribution in [1.29, 1.82) is 0 Å². The molecule has 1 unspecified atom stereocenters. The fourth-order valence-electron chi connectivity index (χ4n) is 3.29. The summed E-state index contributed by atoms with van der Waals surface area (Å²) in [6.07, 6.45) is 2.42. The Morgan fingerprint density at radius 1 is 1.25 bits per heavy atom. The maximum atomic E-state index is 12.6. The molecule has 3 rings (SSSR count). The van der Waals surface area contributed by atoms with Crippen LogP contribution in [0.25, 0.3) is 0 Å². The van der Waals surface area contributed by atoms with E-state index in [0.717, 1.165) is 19.0 Å². The average Bonchev–Trinajstić information content (AvgIpc) is 3.23. The van der Waals surface area contributed by atoms with Gasteiger partial charge in [-0.3, -0.25) is 14.5 Å². The minimum atomic E-state index is -0.234. The summed E-state index contributed by atoms with van der Waals surface area (Å²) in [6, 6.07) is 8.78. The third-order valence-electron chi connectivity index (χ3n) is 5.22. The van der Waals surface area contributed by atoms with Crippen LogP contribution in [0.3, 0.4) is 0 Å². The predicted octanol–water partition coefficient (Wildman–Crippen LogP) is 4.50. The lowest BCUT2D eigenvalue weighted by Crippen LogP contribution is -2.45. The Labute approximate surface area is 175 Å². The molecule has 1 atom stereocenters. The Hall–Kier alpha value is -1.89. The van der Waals surface area contributed by atoms with Crippen molar-refractivity contribution in [3.05, 3.63) is 51.2 Å². The van der Waals surface area contributed by atoms with E-state index in [-0.39, 0.29) is 11.8 Å². The molecule has 2 N–H and O–H groups in total. The molecule has 5 nitrogen and oxygen atoms in total. The summed E-state index contributed by atoms with van der Waals surface area (Å²) in [7, 11) is 0. The molecule has 1 saturated heterocycles. The van der Waals surface area contributed by atoms with Crippen LogP contribution in [-0.2, 0) is 0 Å². The summed E-state index contributed by atoms with van der Waals surface area (Å²) in [6.45, 7) is 7.19. The van der Waals surface area contributed by atoms with Gasteiger partial charge in [-0.25, -0.2) is 0 Å². The van der Waals surface area contributed by atoms with E-state index in [1.54, 1.807) is 24.3 Å². The average molecular weight is 420 g/mol. The molecule has 2 amide bonds. The van der Waals surface area contributed by atoms with Crippen LogP contribution in [-0.4, -0.2) is 42.4 Å². The van der Waals surface area contributed by atoms with Gasteiger partial charge in [0, 0.05) is 18.2 Å². The van der Waals surface area contributed by atoms with Gasteiger partial charge in [0.2, 0.25) is 0 Å². The van der Waals surface area contributed by atoms with Crippen molar-refractivity contribution in [2.75, 3.05) is 25.0 Å². The predicted molar refractivity (Wildman–Crippen MR) is 115 cm³/mol. The maximum Gasteiger partial charge on any atom is 0.265 e. The number of hydrogen-bond acceptors (Lipinski definition) is 4. The number of piperidine rings is 1. The van der Waals surface area contributed by atoms with E-state index in [1.165, 1.54) is 24.2 Å². The van der Waals surface area contributed by atoms with Crippen molar-refractivity contribution in [3.8, 4) is 0 Å². The summed E-state index contributed by atoms with van der Waals surface area (Å²) in [5, 5.41) is 8.02. The summed E-state index contributed by atoms with van der Waals surface area (Å²) in [5.74, 6) is 0.387. The Morgan fingerprint density at radius 2 is 2.00 bits per heavy atom. The van der Waals surface area contributed by atoms with Crippen LogP contribution < -0.4 is 10.6 Å². The first kappa shape index (κ1) is 20.8. The molecular weight excluding hydrogens is 394 g/mol. The lowest BCUT2D eigenvalue weighted by Gasteiger charge is -2.35. The first-order valence-corrected chi connectivity index (χ1v) is 10.9. The highest BCUT2D eigenvalue weighted by Gasteiger charge is 2.21. The number of carbonyl (C=O) groups is 2. The molecule has 0 bridgehead atoms. The Bertz CT molecular complexity index is 817.